The first-order chi connectivity index (χ1) is 9.82. The van der Waals surface area contributed by atoms with Crippen molar-refractivity contribution in [3.05, 3.63) is 0 Å². The van der Waals surface area contributed by atoms with Gasteiger partial charge in [-0.05, 0) is 62.1 Å². The smallest absolute Gasteiger partial charge is 0.303 e. The molecular weight excluding hydrogens is 345 g/mol. The number of hydrogen-bond donors (Lipinski definition) is 0. The van der Waals surface area contributed by atoms with E-state index in [1.54, 1.807) is 62.1 Å². The summed E-state index contributed by atoms with van der Waals surface area (Å²) in [5.41, 5.74) is 0. The highest BCUT2D eigenvalue weighted by atomic mass is 32.5. The Morgan fingerprint density at radius 1 is 0.591 bits per heavy atom. The van der Waals surface area contributed by atoms with E-state index in [0.29, 0.717) is 0 Å². The third kappa shape index (κ3) is 7.53. The van der Waals surface area contributed by atoms with Crippen molar-refractivity contribution in [1.82, 2.24) is 0 Å². The summed E-state index contributed by atoms with van der Waals surface area (Å²) in [6, 6.07) is 0. The summed E-state index contributed by atoms with van der Waals surface area (Å²) in [4.78, 5) is 0. The molecule has 0 atom stereocenters. The first-order valence-corrected chi connectivity index (χ1v) is 13.8. The van der Waals surface area contributed by atoms with Crippen LogP contribution in [0.15, 0.2) is 0 Å². The van der Waals surface area contributed by atoms with Crippen molar-refractivity contribution >= 4 is 21.9 Å². The van der Waals surface area contributed by atoms with Gasteiger partial charge >= 0.3 is 14.6 Å². The van der Waals surface area contributed by atoms with Crippen molar-refractivity contribution < 1.29 is 27.2 Å². The Hall–Kier alpha value is 0.730. The summed E-state index contributed by atoms with van der Waals surface area (Å²) in [7, 11) is -8.99. The highest BCUT2D eigenvalue weighted by Crippen LogP contribution is 2.94. The lowest BCUT2D eigenvalue weighted by molar-refractivity contribution is 0.150. The molecule has 0 aromatic carbocycles. The summed E-state index contributed by atoms with van der Waals surface area (Å²) in [5.74, 6) is 0. The molecule has 0 aromatic rings. The zero-order valence-electron chi connectivity index (χ0n) is 15.1. The third-order valence-corrected chi connectivity index (χ3v) is 15.6. The van der Waals surface area contributed by atoms with Crippen molar-refractivity contribution in [3.63, 3.8) is 0 Å². The van der Waals surface area contributed by atoms with Crippen molar-refractivity contribution in [2.75, 3.05) is 6.66 Å². The van der Waals surface area contributed by atoms with Crippen LogP contribution in [0.2, 0.25) is 0 Å². The van der Waals surface area contributed by atoms with Crippen LogP contribution in [-0.2, 0) is 27.2 Å². The van der Waals surface area contributed by atoms with Gasteiger partial charge in [0.15, 0.2) is 0 Å². The first kappa shape index (κ1) is 22.7. The average molecular weight is 376 g/mol. The van der Waals surface area contributed by atoms with Crippen LogP contribution < -0.4 is 0 Å². The van der Waals surface area contributed by atoms with Gasteiger partial charge in [0.25, 0.3) is 0 Å². The molecule has 0 unspecified atom stereocenters. The monoisotopic (exact) mass is 376 g/mol. The Kier molecular flexibility index (Phi) is 9.58. The van der Waals surface area contributed by atoms with Crippen LogP contribution >= 0.6 is 21.9 Å². The van der Waals surface area contributed by atoms with Crippen LogP contribution in [0.3, 0.4) is 0 Å². The van der Waals surface area contributed by atoms with Gasteiger partial charge < -0.3 is 18.1 Å². The Morgan fingerprint density at radius 2 is 0.773 bits per heavy atom. The van der Waals surface area contributed by atoms with E-state index in [1.807, 2.05) is 0 Å². The lowest BCUT2D eigenvalue weighted by Crippen LogP contribution is -2.11. The second-order valence-electron chi connectivity index (χ2n) is 6.04. The molecule has 0 rings (SSSR count). The summed E-state index contributed by atoms with van der Waals surface area (Å²) in [6.45, 7) is 15.7. The zero-order chi connectivity index (χ0) is 17.7. The maximum Gasteiger partial charge on any atom is 0.361 e. The van der Waals surface area contributed by atoms with E-state index in [9.17, 15) is 9.13 Å². The average Bonchev–Trinajstić information content (AvgIpc) is 2.22. The van der Waals surface area contributed by atoms with Gasteiger partial charge in [0.05, 0.1) is 24.4 Å². The molecule has 0 saturated carbocycles. The van der Waals surface area contributed by atoms with Gasteiger partial charge in [0, 0.05) is 0 Å². The fraction of sp³-hybridized carbons (Fsp3) is 1.00. The van der Waals surface area contributed by atoms with E-state index in [1.165, 1.54) is 0 Å². The van der Waals surface area contributed by atoms with Crippen LogP contribution in [-0.4, -0.2) is 31.1 Å². The molecular formula is C13H31O6P3. The molecule has 0 aliphatic heterocycles. The second-order valence-corrected chi connectivity index (χ2v) is 17.2. The molecule has 22 heavy (non-hydrogen) atoms. The molecule has 0 fully saturated rings. The molecule has 9 heteroatoms. The van der Waals surface area contributed by atoms with E-state index >= 15 is 0 Å². The number of rotatable bonds is 10. The topological polar surface area (TPSA) is 71.1 Å². The van der Waals surface area contributed by atoms with E-state index in [4.69, 9.17) is 18.1 Å². The standard InChI is InChI=1S/C13H31O6P3/c1-10(2)16-21(14,17-11(3)4)20(9)22(15,18-12(5)6)19-13(7)8/h10-13H,1-9H3. The Morgan fingerprint density at radius 3 is 0.909 bits per heavy atom. The number of hydrogen-bond acceptors (Lipinski definition) is 6. The molecule has 0 aromatic heterocycles. The molecule has 0 aliphatic rings. The van der Waals surface area contributed by atoms with Crippen LogP contribution in [0.1, 0.15) is 55.4 Å². The quantitative estimate of drug-likeness (QED) is 0.435. The summed E-state index contributed by atoms with van der Waals surface area (Å²) >= 11 is 0. The van der Waals surface area contributed by atoms with E-state index < -0.39 is 21.9 Å². The van der Waals surface area contributed by atoms with Crippen molar-refractivity contribution in [2.24, 2.45) is 0 Å². The van der Waals surface area contributed by atoms with Crippen molar-refractivity contribution in [3.8, 4) is 0 Å². The zero-order valence-corrected chi connectivity index (χ0v) is 17.8. The van der Waals surface area contributed by atoms with Gasteiger partial charge in [0.1, 0.15) is 7.30 Å². The lowest BCUT2D eigenvalue weighted by Gasteiger charge is -2.33. The summed E-state index contributed by atoms with van der Waals surface area (Å²) in [5, 5.41) is 0. The van der Waals surface area contributed by atoms with Gasteiger partial charge in [-0.2, -0.15) is 0 Å². The summed E-state index contributed by atoms with van der Waals surface area (Å²) in [6.07, 6.45) is -1.27. The maximum atomic E-state index is 13.2. The highest BCUT2D eigenvalue weighted by molar-refractivity contribution is 8.59. The Bertz CT molecular complexity index is 356. The van der Waals surface area contributed by atoms with Gasteiger partial charge in [-0.3, -0.25) is 9.13 Å². The van der Waals surface area contributed by atoms with Crippen LogP contribution in [0.5, 0.6) is 0 Å². The van der Waals surface area contributed by atoms with Crippen LogP contribution in [0.4, 0.5) is 0 Å². The first-order valence-electron chi connectivity index (χ1n) is 7.50. The SMILES string of the molecule is CC(C)OP(=O)(OC(C)C)P(C)P(=O)(OC(C)C)OC(C)C. The van der Waals surface area contributed by atoms with E-state index in [-0.39, 0.29) is 24.4 Å². The molecule has 134 valence electrons. The second kappa shape index (κ2) is 9.28. The molecule has 0 radical (unpaired) electrons. The van der Waals surface area contributed by atoms with E-state index in [2.05, 4.69) is 0 Å². The van der Waals surface area contributed by atoms with Crippen LogP contribution in [0.25, 0.3) is 0 Å². The molecule has 0 aliphatic carbocycles. The maximum absolute atomic E-state index is 13.2. The minimum atomic E-state index is -3.60. The van der Waals surface area contributed by atoms with Gasteiger partial charge in [-0.15, -0.1) is 0 Å². The lowest BCUT2D eigenvalue weighted by atomic mass is 10.5. The Balaban J connectivity index is 5.65. The molecule has 0 amide bonds. The van der Waals surface area contributed by atoms with Gasteiger partial charge in [-0.25, -0.2) is 0 Å². The Labute approximate surface area is 136 Å². The molecule has 0 spiro atoms. The fourth-order valence-corrected chi connectivity index (χ4v) is 13.2. The minimum Gasteiger partial charge on any atom is -0.303 e. The fourth-order valence-electron chi connectivity index (χ4n) is 1.52. The minimum absolute atomic E-state index is 0.318. The predicted octanol–water partition coefficient (Wildman–Crippen LogP) is 6.01. The third-order valence-electron chi connectivity index (χ3n) is 2.09. The largest absolute Gasteiger partial charge is 0.361 e. The van der Waals surface area contributed by atoms with Gasteiger partial charge in [0.2, 0.25) is 0 Å². The van der Waals surface area contributed by atoms with Crippen LogP contribution in [0, 0.1) is 0 Å². The van der Waals surface area contributed by atoms with E-state index in [0.717, 1.165) is 0 Å². The molecule has 0 bridgehead atoms. The highest BCUT2D eigenvalue weighted by Gasteiger charge is 2.50. The summed E-state index contributed by atoms with van der Waals surface area (Å²) < 4.78 is 48.6. The molecule has 0 saturated heterocycles. The molecule has 0 N–H and O–H groups in total. The normalized spacial score (nSPS) is 14.1. The van der Waals surface area contributed by atoms with Crippen molar-refractivity contribution in [2.45, 2.75) is 79.8 Å². The molecule has 0 heterocycles. The van der Waals surface area contributed by atoms with Crippen molar-refractivity contribution in [1.29, 1.82) is 0 Å². The van der Waals surface area contributed by atoms with Gasteiger partial charge in [-0.1, -0.05) is 0 Å². The molecule has 6 nitrogen and oxygen atoms in total. The predicted molar refractivity (Wildman–Crippen MR) is 92.9 cm³/mol.